The van der Waals surface area contributed by atoms with Crippen molar-refractivity contribution in [1.29, 1.82) is 0 Å². The molecule has 1 heterocycles. The fourth-order valence-electron chi connectivity index (χ4n) is 2.25. The molecule has 24 heavy (non-hydrogen) atoms. The van der Waals surface area contributed by atoms with E-state index >= 15 is 0 Å². The van der Waals surface area contributed by atoms with Gasteiger partial charge in [0, 0.05) is 31.0 Å². The van der Waals surface area contributed by atoms with Crippen LogP contribution in [0.5, 0.6) is 5.75 Å². The van der Waals surface area contributed by atoms with Crippen LogP contribution in [0.15, 0.2) is 52.9 Å². The number of rotatable bonds is 6. The molecule has 0 amide bonds. The van der Waals surface area contributed by atoms with E-state index in [0.717, 1.165) is 22.7 Å². The fraction of sp³-hybridized carbons (Fsp3) is 0.222. The second-order valence-electron chi connectivity index (χ2n) is 5.53. The molecule has 3 rings (SSSR count). The molecule has 0 saturated carbocycles. The minimum absolute atomic E-state index is 0.471. The summed E-state index contributed by atoms with van der Waals surface area (Å²) in [7, 11) is 5.66. The summed E-state index contributed by atoms with van der Waals surface area (Å²) in [5, 5.41) is 11.4. The van der Waals surface area contributed by atoms with Crippen molar-refractivity contribution in [1.82, 2.24) is 10.2 Å². The number of methoxy groups -OCH3 is 1. The molecule has 1 aromatic heterocycles. The summed E-state index contributed by atoms with van der Waals surface area (Å²) in [5.41, 5.74) is 2.99. The highest BCUT2D eigenvalue weighted by atomic mass is 16.5. The zero-order chi connectivity index (χ0) is 16.9. The van der Waals surface area contributed by atoms with Gasteiger partial charge in [-0.3, -0.25) is 0 Å². The van der Waals surface area contributed by atoms with Crippen LogP contribution < -0.4 is 15.0 Å². The molecule has 2 aromatic carbocycles. The summed E-state index contributed by atoms with van der Waals surface area (Å²) in [6.45, 7) is 0.471. The van der Waals surface area contributed by atoms with Gasteiger partial charge in [-0.2, -0.15) is 0 Å². The van der Waals surface area contributed by atoms with E-state index in [1.807, 2.05) is 50.5 Å². The summed E-state index contributed by atoms with van der Waals surface area (Å²) in [6.07, 6.45) is 0. The van der Waals surface area contributed by atoms with Crippen LogP contribution in [0.3, 0.4) is 0 Å². The van der Waals surface area contributed by atoms with Gasteiger partial charge < -0.3 is 19.4 Å². The first-order valence-corrected chi connectivity index (χ1v) is 7.64. The smallest absolute Gasteiger partial charge is 0.247 e. The monoisotopic (exact) mass is 324 g/mol. The molecule has 0 fully saturated rings. The first kappa shape index (κ1) is 15.9. The van der Waals surface area contributed by atoms with Gasteiger partial charge in [0.25, 0.3) is 0 Å². The molecular formula is C18H20N4O2. The summed E-state index contributed by atoms with van der Waals surface area (Å²) in [4.78, 5) is 2.06. The molecular weight excluding hydrogens is 304 g/mol. The minimum atomic E-state index is 0.471. The Morgan fingerprint density at radius 1 is 1.08 bits per heavy atom. The number of aromatic nitrogens is 2. The molecule has 6 nitrogen and oxygen atoms in total. The Balaban J connectivity index is 1.65. The van der Waals surface area contributed by atoms with Crippen molar-refractivity contribution in [2.75, 3.05) is 31.4 Å². The Hall–Kier alpha value is -3.02. The number of nitrogens with one attached hydrogen (secondary N) is 1. The van der Waals surface area contributed by atoms with Crippen molar-refractivity contribution < 1.29 is 9.15 Å². The molecule has 0 bridgehead atoms. The lowest BCUT2D eigenvalue weighted by Crippen LogP contribution is -2.08. The maximum absolute atomic E-state index is 5.70. The van der Waals surface area contributed by atoms with Crippen molar-refractivity contribution in [2.45, 2.75) is 6.54 Å². The third kappa shape index (κ3) is 3.65. The second kappa shape index (κ2) is 7.04. The SMILES string of the molecule is COc1cccc(-c2nnc(CNc3ccc(N(C)C)cc3)o2)c1. The molecule has 0 spiro atoms. The number of hydrogen-bond donors (Lipinski definition) is 1. The van der Waals surface area contributed by atoms with Gasteiger partial charge in [0.2, 0.25) is 11.8 Å². The van der Waals surface area contributed by atoms with Crippen molar-refractivity contribution >= 4 is 11.4 Å². The van der Waals surface area contributed by atoms with Crippen LogP contribution in [-0.2, 0) is 6.54 Å². The predicted molar refractivity (Wildman–Crippen MR) is 94.4 cm³/mol. The number of anilines is 2. The number of benzene rings is 2. The van der Waals surface area contributed by atoms with E-state index in [4.69, 9.17) is 9.15 Å². The lowest BCUT2D eigenvalue weighted by atomic mass is 10.2. The maximum atomic E-state index is 5.70. The summed E-state index contributed by atoms with van der Waals surface area (Å²) in [6, 6.07) is 15.7. The Kier molecular flexibility index (Phi) is 4.65. The zero-order valence-electron chi connectivity index (χ0n) is 14.0. The molecule has 124 valence electrons. The van der Waals surface area contributed by atoms with Gasteiger partial charge in [-0.1, -0.05) is 6.07 Å². The highest BCUT2D eigenvalue weighted by Crippen LogP contribution is 2.23. The minimum Gasteiger partial charge on any atom is -0.497 e. The third-order valence-corrected chi connectivity index (χ3v) is 3.61. The molecule has 0 unspecified atom stereocenters. The largest absolute Gasteiger partial charge is 0.497 e. The average molecular weight is 324 g/mol. The Labute approximate surface area is 141 Å². The van der Waals surface area contributed by atoms with Gasteiger partial charge in [-0.15, -0.1) is 10.2 Å². The van der Waals surface area contributed by atoms with Gasteiger partial charge in [-0.25, -0.2) is 0 Å². The van der Waals surface area contributed by atoms with Gasteiger partial charge in [0.1, 0.15) is 5.75 Å². The molecule has 1 N–H and O–H groups in total. The highest BCUT2D eigenvalue weighted by Gasteiger charge is 2.09. The summed E-state index contributed by atoms with van der Waals surface area (Å²) >= 11 is 0. The van der Waals surface area contributed by atoms with Crippen LogP contribution in [0.25, 0.3) is 11.5 Å². The Morgan fingerprint density at radius 2 is 1.88 bits per heavy atom. The fourth-order valence-corrected chi connectivity index (χ4v) is 2.25. The van der Waals surface area contributed by atoms with E-state index in [1.165, 1.54) is 0 Å². The lowest BCUT2D eigenvalue weighted by molar-refractivity contribution is 0.414. The van der Waals surface area contributed by atoms with E-state index in [-0.39, 0.29) is 0 Å². The quantitative estimate of drug-likeness (QED) is 0.749. The van der Waals surface area contributed by atoms with E-state index < -0.39 is 0 Å². The molecule has 0 atom stereocenters. The standard InChI is InChI=1S/C18H20N4O2/c1-22(2)15-9-7-14(8-10-15)19-12-17-20-21-18(24-17)13-5-4-6-16(11-13)23-3/h4-11,19H,12H2,1-3H3. The van der Waals surface area contributed by atoms with Crippen LogP contribution in [0.4, 0.5) is 11.4 Å². The normalized spacial score (nSPS) is 10.5. The molecule has 3 aromatic rings. The Bertz CT molecular complexity index is 797. The van der Waals surface area contributed by atoms with Gasteiger partial charge in [0.15, 0.2) is 0 Å². The van der Waals surface area contributed by atoms with E-state index in [1.54, 1.807) is 7.11 Å². The van der Waals surface area contributed by atoms with Crippen molar-refractivity contribution in [2.24, 2.45) is 0 Å². The molecule has 6 heteroatoms. The van der Waals surface area contributed by atoms with Crippen LogP contribution in [0, 0.1) is 0 Å². The number of ether oxygens (including phenoxy) is 1. The second-order valence-corrected chi connectivity index (χ2v) is 5.53. The van der Waals surface area contributed by atoms with E-state index in [2.05, 4.69) is 32.5 Å². The summed E-state index contributed by atoms with van der Waals surface area (Å²) in [5.74, 6) is 1.77. The van der Waals surface area contributed by atoms with E-state index in [0.29, 0.717) is 18.3 Å². The Morgan fingerprint density at radius 3 is 2.58 bits per heavy atom. The van der Waals surface area contributed by atoms with E-state index in [9.17, 15) is 0 Å². The van der Waals surface area contributed by atoms with Crippen molar-refractivity contribution in [3.63, 3.8) is 0 Å². The molecule has 0 aliphatic rings. The zero-order valence-corrected chi connectivity index (χ0v) is 14.0. The van der Waals surface area contributed by atoms with Gasteiger partial charge in [0.05, 0.1) is 13.7 Å². The average Bonchev–Trinajstić information content (AvgIpc) is 3.09. The van der Waals surface area contributed by atoms with Crippen LogP contribution in [-0.4, -0.2) is 31.4 Å². The van der Waals surface area contributed by atoms with Crippen LogP contribution >= 0.6 is 0 Å². The maximum Gasteiger partial charge on any atom is 0.247 e. The van der Waals surface area contributed by atoms with Crippen molar-refractivity contribution in [3.8, 4) is 17.2 Å². The lowest BCUT2D eigenvalue weighted by Gasteiger charge is -2.12. The number of nitrogens with zero attached hydrogens (tertiary/aromatic N) is 3. The first-order chi connectivity index (χ1) is 11.7. The molecule has 0 aliphatic carbocycles. The van der Waals surface area contributed by atoms with Crippen LogP contribution in [0.1, 0.15) is 5.89 Å². The summed E-state index contributed by atoms with van der Waals surface area (Å²) < 4.78 is 10.9. The molecule has 0 radical (unpaired) electrons. The third-order valence-electron chi connectivity index (χ3n) is 3.61. The van der Waals surface area contributed by atoms with Gasteiger partial charge in [-0.05, 0) is 42.5 Å². The van der Waals surface area contributed by atoms with Gasteiger partial charge >= 0.3 is 0 Å². The highest BCUT2D eigenvalue weighted by molar-refractivity contribution is 5.56. The molecule has 0 aliphatic heterocycles. The topological polar surface area (TPSA) is 63.4 Å². The number of hydrogen-bond acceptors (Lipinski definition) is 6. The predicted octanol–water partition coefficient (Wildman–Crippen LogP) is 3.42. The van der Waals surface area contributed by atoms with Crippen molar-refractivity contribution in [3.05, 3.63) is 54.4 Å². The molecule has 0 saturated heterocycles. The van der Waals surface area contributed by atoms with Crippen LogP contribution in [0.2, 0.25) is 0 Å². The first-order valence-electron chi connectivity index (χ1n) is 7.64.